The molecule has 0 radical (unpaired) electrons. The van der Waals surface area contributed by atoms with Crippen LogP contribution in [0.15, 0.2) is 0 Å². The van der Waals surface area contributed by atoms with Gasteiger partial charge in [-0.25, -0.2) is 4.79 Å². The lowest BCUT2D eigenvalue weighted by Crippen LogP contribution is -2.45. The van der Waals surface area contributed by atoms with Crippen molar-refractivity contribution in [3.8, 4) is 0 Å². The Morgan fingerprint density at radius 3 is 2.75 bits per heavy atom. The summed E-state index contributed by atoms with van der Waals surface area (Å²) in [6.07, 6.45) is 2.71. The van der Waals surface area contributed by atoms with Gasteiger partial charge in [0.1, 0.15) is 0 Å². The highest BCUT2D eigenvalue weighted by Crippen LogP contribution is 2.34. The van der Waals surface area contributed by atoms with Gasteiger partial charge in [-0.05, 0) is 31.6 Å². The Bertz CT molecular complexity index is 302. The van der Waals surface area contributed by atoms with Crippen molar-refractivity contribution in [1.29, 1.82) is 0 Å². The van der Waals surface area contributed by atoms with Crippen LogP contribution in [0.5, 0.6) is 0 Å². The molecule has 20 heavy (non-hydrogen) atoms. The molecule has 2 amide bonds. The summed E-state index contributed by atoms with van der Waals surface area (Å²) < 4.78 is 5.80. The summed E-state index contributed by atoms with van der Waals surface area (Å²) >= 11 is 0. The van der Waals surface area contributed by atoms with Gasteiger partial charge in [-0.15, -0.1) is 0 Å². The van der Waals surface area contributed by atoms with Crippen LogP contribution in [-0.2, 0) is 4.74 Å². The SMILES string of the molecule is CC(CCCO)NC(=O)NC[C@H]1CCO[C@@H]1C(C)(C)C. The molecule has 1 unspecified atom stereocenters. The summed E-state index contributed by atoms with van der Waals surface area (Å²) in [6, 6.07) is -0.0459. The predicted octanol–water partition coefficient (Wildman–Crippen LogP) is 1.90. The number of aliphatic hydroxyl groups excluding tert-OH is 1. The van der Waals surface area contributed by atoms with Gasteiger partial charge in [0, 0.05) is 31.7 Å². The van der Waals surface area contributed by atoms with Crippen molar-refractivity contribution < 1.29 is 14.6 Å². The Hall–Kier alpha value is -0.810. The molecule has 118 valence electrons. The number of aliphatic hydroxyl groups is 1. The van der Waals surface area contributed by atoms with Crippen molar-refractivity contribution in [2.45, 2.75) is 59.1 Å². The zero-order valence-corrected chi connectivity index (χ0v) is 13.2. The Morgan fingerprint density at radius 1 is 1.45 bits per heavy atom. The maximum absolute atomic E-state index is 11.8. The highest BCUT2D eigenvalue weighted by molar-refractivity contribution is 5.74. The van der Waals surface area contributed by atoms with Gasteiger partial charge in [-0.1, -0.05) is 20.8 Å². The van der Waals surface area contributed by atoms with Crippen LogP contribution in [0.2, 0.25) is 0 Å². The zero-order chi connectivity index (χ0) is 15.2. The summed E-state index contributed by atoms with van der Waals surface area (Å²) in [5.41, 5.74) is 0.105. The highest BCUT2D eigenvalue weighted by Gasteiger charge is 2.37. The van der Waals surface area contributed by atoms with E-state index in [-0.39, 0.29) is 30.2 Å². The third-order valence-corrected chi connectivity index (χ3v) is 3.77. The number of carbonyl (C=O) groups excluding carboxylic acids is 1. The minimum absolute atomic E-state index is 0.0837. The van der Waals surface area contributed by atoms with Gasteiger partial charge in [0.2, 0.25) is 0 Å². The number of hydrogen-bond acceptors (Lipinski definition) is 3. The molecule has 5 nitrogen and oxygen atoms in total. The van der Waals surface area contributed by atoms with Crippen LogP contribution in [0.1, 0.15) is 47.0 Å². The van der Waals surface area contributed by atoms with Crippen molar-refractivity contribution >= 4 is 6.03 Å². The Balaban J connectivity index is 2.30. The number of carbonyl (C=O) groups is 1. The van der Waals surface area contributed by atoms with E-state index in [1.165, 1.54) is 0 Å². The summed E-state index contributed by atoms with van der Waals surface area (Å²) in [5, 5.41) is 14.6. The Kier molecular flexibility index (Phi) is 6.76. The summed E-state index contributed by atoms with van der Waals surface area (Å²) in [6.45, 7) is 10.1. The quantitative estimate of drug-likeness (QED) is 0.698. The fraction of sp³-hybridized carbons (Fsp3) is 0.933. The van der Waals surface area contributed by atoms with E-state index in [2.05, 4.69) is 31.4 Å². The van der Waals surface area contributed by atoms with Crippen molar-refractivity contribution in [3.05, 3.63) is 0 Å². The number of ether oxygens (including phenoxy) is 1. The summed E-state index contributed by atoms with van der Waals surface area (Å²) in [5.74, 6) is 0.383. The molecular formula is C15H30N2O3. The van der Waals surface area contributed by atoms with Gasteiger partial charge >= 0.3 is 6.03 Å². The molecule has 0 aromatic heterocycles. The average molecular weight is 286 g/mol. The fourth-order valence-electron chi connectivity index (χ4n) is 2.77. The molecular weight excluding hydrogens is 256 g/mol. The second kappa shape index (κ2) is 7.84. The van der Waals surface area contributed by atoms with Gasteiger partial charge in [-0.3, -0.25) is 0 Å². The molecule has 1 aliphatic rings. The summed E-state index contributed by atoms with van der Waals surface area (Å²) in [4.78, 5) is 11.8. The number of hydrogen-bond donors (Lipinski definition) is 3. The molecule has 0 bridgehead atoms. The molecule has 0 saturated carbocycles. The third kappa shape index (κ3) is 5.67. The third-order valence-electron chi connectivity index (χ3n) is 3.77. The van der Waals surface area contributed by atoms with Crippen molar-refractivity contribution in [3.63, 3.8) is 0 Å². The van der Waals surface area contributed by atoms with E-state index in [1.54, 1.807) is 0 Å². The number of rotatable bonds is 6. The predicted molar refractivity (Wildman–Crippen MR) is 79.6 cm³/mol. The fourth-order valence-corrected chi connectivity index (χ4v) is 2.77. The molecule has 0 aromatic rings. The van der Waals surface area contributed by atoms with Crippen molar-refractivity contribution in [2.75, 3.05) is 19.8 Å². The van der Waals surface area contributed by atoms with Crippen LogP contribution in [0, 0.1) is 11.3 Å². The van der Waals surface area contributed by atoms with Gasteiger partial charge < -0.3 is 20.5 Å². The lowest BCUT2D eigenvalue weighted by molar-refractivity contribution is 0.00774. The average Bonchev–Trinajstić information content (AvgIpc) is 2.82. The van der Waals surface area contributed by atoms with Crippen LogP contribution in [0.25, 0.3) is 0 Å². The second-order valence-corrected chi connectivity index (χ2v) is 6.83. The van der Waals surface area contributed by atoms with E-state index < -0.39 is 0 Å². The number of urea groups is 1. The molecule has 5 heteroatoms. The van der Waals surface area contributed by atoms with Gasteiger partial charge in [0.05, 0.1) is 6.10 Å². The molecule has 1 fully saturated rings. The van der Waals surface area contributed by atoms with Crippen molar-refractivity contribution in [2.24, 2.45) is 11.3 Å². The van der Waals surface area contributed by atoms with Crippen molar-refractivity contribution in [1.82, 2.24) is 10.6 Å². The summed E-state index contributed by atoms with van der Waals surface area (Å²) in [7, 11) is 0. The van der Waals surface area contributed by atoms with Crippen LogP contribution >= 0.6 is 0 Å². The minimum Gasteiger partial charge on any atom is -0.396 e. The first kappa shape index (κ1) is 17.2. The molecule has 0 spiro atoms. The highest BCUT2D eigenvalue weighted by atomic mass is 16.5. The standard InChI is InChI=1S/C15H30N2O3/c1-11(6-5-8-18)17-14(19)16-10-12-7-9-20-13(12)15(2,3)4/h11-13,18H,5-10H2,1-4H3,(H2,16,17,19)/t11?,12-,13+/m1/s1. The molecule has 3 N–H and O–H groups in total. The largest absolute Gasteiger partial charge is 0.396 e. The first-order valence-electron chi connectivity index (χ1n) is 7.61. The van der Waals surface area contributed by atoms with Crippen LogP contribution in [-0.4, -0.2) is 43.0 Å². The van der Waals surface area contributed by atoms with E-state index >= 15 is 0 Å². The molecule has 1 aliphatic heterocycles. The Morgan fingerprint density at radius 2 is 2.15 bits per heavy atom. The molecule has 0 aromatic carbocycles. The molecule has 3 atom stereocenters. The molecule has 1 saturated heterocycles. The second-order valence-electron chi connectivity index (χ2n) is 6.83. The van der Waals surface area contributed by atoms with Gasteiger partial charge in [-0.2, -0.15) is 0 Å². The maximum Gasteiger partial charge on any atom is 0.315 e. The van der Waals surface area contributed by atoms with E-state index in [0.29, 0.717) is 18.9 Å². The maximum atomic E-state index is 11.8. The molecule has 0 aliphatic carbocycles. The lowest BCUT2D eigenvalue weighted by Gasteiger charge is -2.31. The van der Waals surface area contributed by atoms with Crippen LogP contribution in [0.3, 0.4) is 0 Å². The monoisotopic (exact) mass is 286 g/mol. The van der Waals surface area contributed by atoms with Crippen LogP contribution < -0.4 is 10.6 Å². The number of amides is 2. The lowest BCUT2D eigenvalue weighted by atomic mass is 9.81. The van der Waals surface area contributed by atoms with E-state index in [0.717, 1.165) is 19.4 Å². The van der Waals surface area contributed by atoms with E-state index in [9.17, 15) is 4.79 Å². The topological polar surface area (TPSA) is 70.6 Å². The van der Waals surface area contributed by atoms with Gasteiger partial charge in [0.25, 0.3) is 0 Å². The molecule has 1 rings (SSSR count). The smallest absolute Gasteiger partial charge is 0.315 e. The first-order valence-corrected chi connectivity index (χ1v) is 7.61. The van der Waals surface area contributed by atoms with E-state index in [4.69, 9.17) is 9.84 Å². The van der Waals surface area contributed by atoms with Crippen LogP contribution in [0.4, 0.5) is 4.79 Å². The number of nitrogens with one attached hydrogen (secondary N) is 2. The normalized spacial score (nSPS) is 24.4. The van der Waals surface area contributed by atoms with E-state index in [1.807, 2.05) is 6.92 Å². The van der Waals surface area contributed by atoms with Gasteiger partial charge in [0.15, 0.2) is 0 Å². The minimum atomic E-state index is -0.130. The zero-order valence-electron chi connectivity index (χ0n) is 13.2. The Labute approximate surface area is 122 Å². The first-order chi connectivity index (χ1) is 9.34. The molecule has 1 heterocycles.